The molecule has 0 saturated carbocycles. The molecule has 0 radical (unpaired) electrons. The summed E-state index contributed by atoms with van der Waals surface area (Å²) in [5, 5.41) is 0. The van der Waals surface area contributed by atoms with Gasteiger partial charge in [0.15, 0.2) is 5.78 Å². The van der Waals surface area contributed by atoms with Crippen molar-refractivity contribution in [1.29, 1.82) is 0 Å². The van der Waals surface area contributed by atoms with Crippen LogP contribution in [0.15, 0.2) is 61.2 Å². The first-order chi connectivity index (χ1) is 9.77. The van der Waals surface area contributed by atoms with Gasteiger partial charge in [-0.15, -0.1) is 0 Å². The van der Waals surface area contributed by atoms with Crippen molar-refractivity contribution in [3.63, 3.8) is 0 Å². The quantitative estimate of drug-likeness (QED) is 0.735. The lowest BCUT2D eigenvalue weighted by molar-refractivity contribution is 0.103. The van der Waals surface area contributed by atoms with E-state index < -0.39 is 0 Å². The number of hydrogen-bond donors (Lipinski definition) is 1. The molecule has 0 bridgehead atoms. The standard InChI is InChI=1S/C15H12N4O/c16-15-18-8-9-19(15)13-6-2-1-5-12(13)14(20)11-4-3-7-17-10-11/h1-10H,(H2,16,18). The van der Waals surface area contributed by atoms with E-state index >= 15 is 0 Å². The molecule has 0 saturated heterocycles. The molecule has 0 spiro atoms. The Balaban J connectivity index is 2.12. The van der Waals surface area contributed by atoms with Gasteiger partial charge in [-0.1, -0.05) is 12.1 Å². The fourth-order valence-corrected chi connectivity index (χ4v) is 2.05. The number of nitrogens with two attached hydrogens (primary N) is 1. The molecule has 98 valence electrons. The molecule has 0 unspecified atom stereocenters. The Kier molecular flexibility index (Phi) is 3.01. The number of nitrogen functional groups attached to an aromatic ring is 1. The van der Waals surface area contributed by atoms with Gasteiger partial charge in [0.1, 0.15) is 0 Å². The van der Waals surface area contributed by atoms with Gasteiger partial charge in [0.05, 0.1) is 5.69 Å². The maximum atomic E-state index is 12.6. The second kappa shape index (κ2) is 4.97. The van der Waals surface area contributed by atoms with Crippen LogP contribution in [0.2, 0.25) is 0 Å². The van der Waals surface area contributed by atoms with E-state index in [1.807, 2.05) is 18.2 Å². The number of benzene rings is 1. The molecule has 0 fully saturated rings. The summed E-state index contributed by atoms with van der Waals surface area (Å²) in [5.41, 5.74) is 7.61. The van der Waals surface area contributed by atoms with Gasteiger partial charge >= 0.3 is 0 Å². The van der Waals surface area contributed by atoms with Crippen LogP contribution < -0.4 is 5.73 Å². The van der Waals surface area contributed by atoms with Crippen LogP contribution in [0.3, 0.4) is 0 Å². The summed E-state index contributed by atoms with van der Waals surface area (Å²) in [6.07, 6.45) is 6.51. The van der Waals surface area contributed by atoms with Gasteiger partial charge in [-0.2, -0.15) is 0 Å². The second-order valence-corrected chi connectivity index (χ2v) is 4.24. The lowest BCUT2D eigenvalue weighted by Gasteiger charge is -2.10. The number of para-hydroxylation sites is 1. The first kappa shape index (κ1) is 12.1. The van der Waals surface area contributed by atoms with Crippen LogP contribution in [0.25, 0.3) is 5.69 Å². The van der Waals surface area contributed by atoms with E-state index in [2.05, 4.69) is 9.97 Å². The third-order valence-electron chi connectivity index (χ3n) is 3.00. The summed E-state index contributed by atoms with van der Waals surface area (Å²) in [5.74, 6) is 0.248. The molecule has 0 atom stereocenters. The average molecular weight is 264 g/mol. The molecule has 0 amide bonds. The number of nitrogens with zero attached hydrogens (tertiary/aromatic N) is 3. The highest BCUT2D eigenvalue weighted by Gasteiger charge is 2.15. The van der Waals surface area contributed by atoms with E-state index in [0.717, 1.165) is 0 Å². The van der Waals surface area contributed by atoms with Gasteiger partial charge in [0, 0.05) is 35.9 Å². The summed E-state index contributed by atoms with van der Waals surface area (Å²) in [4.78, 5) is 20.5. The minimum absolute atomic E-state index is 0.0956. The third kappa shape index (κ3) is 2.05. The largest absolute Gasteiger partial charge is 0.369 e. The van der Waals surface area contributed by atoms with Crippen LogP contribution in [0.1, 0.15) is 15.9 Å². The Morgan fingerprint density at radius 2 is 1.95 bits per heavy atom. The Morgan fingerprint density at radius 3 is 2.65 bits per heavy atom. The predicted octanol–water partition coefficient (Wildman–Crippen LogP) is 2.08. The Labute approximate surface area is 115 Å². The summed E-state index contributed by atoms with van der Waals surface area (Å²) < 4.78 is 1.68. The number of hydrogen-bond acceptors (Lipinski definition) is 4. The van der Waals surface area contributed by atoms with E-state index in [9.17, 15) is 4.79 Å². The number of imidazole rings is 1. The van der Waals surface area contributed by atoms with Crippen LogP contribution in [-0.4, -0.2) is 20.3 Å². The number of pyridine rings is 1. The van der Waals surface area contributed by atoms with Gasteiger partial charge in [-0.3, -0.25) is 14.3 Å². The molecule has 2 N–H and O–H groups in total. The van der Waals surface area contributed by atoms with E-state index in [1.165, 1.54) is 0 Å². The molecule has 5 nitrogen and oxygen atoms in total. The van der Waals surface area contributed by atoms with Gasteiger partial charge < -0.3 is 5.73 Å². The maximum absolute atomic E-state index is 12.6. The molecule has 0 aliphatic carbocycles. The van der Waals surface area contributed by atoms with Crippen LogP contribution in [0, 0.1) is 0 Å². The number of aromatic nitrogens is 3. The second-order valence-electron chi connectivity index (χ2n) is 4.24. The van der Waals surface area contributed by atoms with Crippen molar-refractivity contribution in [2.75, 3.05) is 5.73 Å². The van der Waals surface area contributed by atoms with Crippen LogP contribution in [0.5, 0.6) is 0 Å². The number of carbonyl (C=O) groups is 1. The van der Waals surface area contributed by atoms with Gasteiger partial charge in [-0.25, -0.2) is 4.98 Å². The summed E-state index contributed by atoms with van der Waals surface area (Å²) in [6.45, 7) is 0. The van der Waals surface area contributed by atoms with Crippen molar-refractivity contribution in [2.24, 2.45) is 0 Å². The molecule has 3 rings (SSSR count). The SMILES string of the molecule is Nc1nccn1-c1ccccc1C(=O)c1cccnc1. The zero-order chi connectivity index (χ0) is 13.9. The number of ketones is 1. The number of anilines is 1. The van der Waals surface area contributed by atoms with Crippen LogP contribution in [0.4, 0.5) is 5.95 Å². The van der Waals surface area contributed by atoms with Gasteiger partial charge in [0.25, 0.3) is 0 Å². The number of carbonyl (C=O) groups excluding carboxylic acids is 1. The van der Waals surface area contributed by atoms with Crippen LogP contribution >= 0.6 is 0 Å². The zero-order valence-electron chi connectivity index (χ0n) is 10.6. The highest BCUT2D eigenvalue weighted by Crippen LogP contribution is 2.20. The lowest BCUT2D eigenvalue weighted by Crippen LogP contribution is -2.09. The minimum Gasteiger partial charge on any atom is -0.369 e. The molecule has 0 aliphatic heterocycles. The summed E-state index contributed by atoms with van der Waals surface area (Å²) in [7, 11) is 0. The van der Waals surface area contributed by atoms with E-state index in [0.29, 0.717) is 22.8 Å². The highest BCUT2D eigenvalue weighted by molar-refractivity contribution is 6.11. The highest BCUT2D eigenvalue weighted by atomic mass is 16.1. The van der Waals surface area contributed by atoms with Gasteiger partial charge in [0.2, 0.25) is 5.95 Å². The number of rotatable bonds is 3. The first-order valence-corrected chi connectivity index (χ1v) is 6.10. The molecule has 2 heterocycles. The van der Waals surface area contributed by atoms with Crippen molar-refractivity contribution in [2.45, 2.75) is 0 Å². The maximum Gasteiger partial charge on any atom is 0.204 e. The molecule has 1 aromatic carbocycles. The van der Waals surface area contributed by atoms with Crippen molar-refractivity contribution in [3.8, 4) is 5.69 Å². The lowest BCUT2D eigenvalue weighted by atomic mass is 10.0. The molecule has 3 aromatic rings. The summed E-state index contributed by atoms with van der Waals surface area (Å²) in [6, 6.07) is 10.8. The predicted molar refractivity (Wildman–Crippen MR) is 75.6 cm³/mol. The van der Waals surface area contributed by atoms with Crippen molar-refractivity contribution in [3.05, 3.63) is 72.3 Å². The first-order valence-electron chi connectivity index (χ1n) is 6.10. The molecule has 0 aliphatic rings. The van der Waals surface area contributed by atoms with E-state index in [-0.39, 0.29) is 5.78 Å². The Hall–Kier alpha value is -2.95. The monoisotopic (exact) mass is 264 g/mol. The fraction of sp³-hybridized carbons (Fsp3) is 0. The third-order valence-corrected chi connectivity index (χ3v) is 3.00. The fourth-order valence-electron chi connectivity index (χ4n) is 2.05. The molecule has 5 heteroatoms. The Bertz CT molecular complexity index is 749. The topological polar surface area (TPSA) is 73.8 Å². The molecule has 20 heavy (non-hydrogen) atoms. The molecular formula is C15H12N4O. The normalized spacial score (nSPS) is 10.4. The molecular weight excluding hydrogens is 252 g/mol. The zero-order valence-corrected chi connectivity index (χ0v) is 10.6. The molecule has 2 aromatic heterocycles. The van der Waals surface area contributed by atoms with Crippen molar-refractivity contribution >= 4 is 11.7 Å². The van der Waals surface area contributed by atoms with Crippen LogP contribution in [-0.2, 0) is 0 Å². The van der Waals surface area contributed by atoms with Gasteiger partial charge in [-0.05, 0) is 24.3 Å². The van der Waals surface area contributed by atoms with Crippen molar-refractivity contribution in [1.82, 2.24) is 14.5 Å². The summed E-state index contributed by atoms with van der Waals surface area (Å²) >= 11 is 0. The smallest absolute Gasteiger partial charge is 0.204 e. The van der Waals surface area contributed by atoms with E-state index in [1.54, 1.807) is 47.6 Å². The Morgan fingerprint density at radius 1 is 1.10 bits per heavy atom. The van der Waals surface area contributed by atoms with E-state index in [4.69, 9.17) is 5.73 Å². The minimum atomic E-state index is -0.0956. The average Bonchev–Trinajstić information content (AvgIpc) is 2.93. The van der Waals surface area contributed by atoms with Crippen molar-refractivity contribution < 1.29 is 4.79 Å².